The molecule has 0 aromatic heterocycles. The van der Waals surface area contributed by atoms with Crippen LogP contribution in [0.5, 0.6) is 0 Å². The van der Waals surface area contributed by atoms with Gasteiger partial charge in [-0.3, -0.25) is 0 Å². The van der Waals surface area contributed by atoms with Crippen molar-refractivity contribution in [2.45, 2.75) is 6.04 Å². The minimum atomic E-state index is -3.35. The number of hydrogen-bond donors (Lipinski definition) is 1. The molecule has 0 aromatic rings. The number of likely N-dealkylation sites (tertiary alicyclic amines) is 1. The Bertz CT molecular complexity index is 286. The summed E-state index contributed by atoms with van der Waals surface area (Å²) in [4.78, 5) is 2.00. The molecule has 1 N–H and O–H groups in total. The van der Waals surface area contributed by atoms with Gasteiger partial charge < -0.3 is 4.90 Å². The molecule has 0 amide bonds. The molecule has 1 saturated heterocycles. The van der Waals surface area contributed by atoms with Gasteiger partial charge in [0.05, 0.1) is 6.07 Å². The van der Waals surface area contributed by atoms with E-state index in [4.69, 9.17) is 5.26 Å². The van der Waals surface area contributed by atoms with Crippen LogP contribution in [-0.4, -0.2) is 45.2 Å². The van der Waals surface area contributed by atoms with Gasteiger partial charge in [-0.25, -0.2) is 13.1 Å². The molecular weight excluding hydrogens is 178 g/mol. The average Bonchev–Trinajstić information content (AvgIpc) is 1.83. The molecule has 0 atom stereocenters. The second kappa shape index (κ2) is 3.39. The number of nitrogens with one attached hydrogen (secondary N) is 1. The lowest BCUT2D eigenvalue weighted by Crippen LogP contribution is -2.57. The first-order valence-corrected chi connectivity index (χ1v) is 5.24. The summed E-state index contributed by atoms with van der Waals surface area (Å²) in [5, 5.41) is 8.18. The highest BCUT2D eigenvalue weighted by Gasteiger charge is 2.27. The molecule has 1 rings (SSSR count). The van der Waals surface area contributed by atoms with Crippen molar-refractivity contribution < 1.29 is 8.42 Å². The third-order valence-electron chi connectivity index (χ3n) is 1.66. The topological polar surface area (TPSA) is 73.2 Å². The van der Waals surface area contributed by atoms with Crippen molar-refractivity contribution in [2.24, 2.45) is 0 Å². The number of likely N-dealkylation sites (N-methyl/N-ethyl adjacent to an activating group) is 1. The van der Waals surface area contributed by atoms with E-state index in [0.717, 1.165) is 13.1 Å². The van der Waals surface area contributed by atoms with E-state index >= 15 is 0 Å². The maximum Gasteiger partial charge on any atom is 0.225 e. The molecule has 0 saturated carbocycles. The number of hydrogen-bond acceptors (Lipinski definition) is 4. The van der Waals surface area contributed by atoms with Crippen molar-refractivity contribution in [1.82, 2.24) is 9.62 Å². The minimum Gasteiger partial charge on any atom is -0.303 e. The Kier molecular flexibility index (Phi) is 2.67. The molecule has 0 aliphatic carbocycles. The van der Waals surface area contributed by atoms with Crippen LogP contribution in [0.25, 0.3) is 0 Å². The second-order valence-electron chi connectivity index (χ2n) is 2.95. The smallest absolute Gasteiger partial charge is 0.225 e. The lowest BCUT2D eigenvalue weighted by atomic mass is 10.2. The molecule has 0 radical (unpaired) electrons. The summed E-state index contributed by atoms with van der Waals surface area (Å²) in [6.07, 6.45) is 0. The quantitative estimate of drug-likeness (QED) is 0.601. The lowest BCUT2D eigenvalue weighted by molar-refractivity contribution is 0.180. The Balaban J connectivity index is 2.37. The van der Waals surface area contributed by atoms with E-state index in [0.29, 0.717) is 0 Å². The molecule has 1 aliphatic rings. The van der Waals surface area contributed by atoms with E-state index in [1.165, 1.54) is 0 Å². The van der Waals surface area contributed by atoms with Crippen molar-refractivity contribution in [2.75, 3.05) is 25.9 Å². The van der Waals surface area contributed by atoms with Gasteiger partial charge in [-0.1, -0.05) is 0 Å². The van der Waals surface area contributed by atoms with Gasteiger partial charge >= 0.3 is 0 Å². The zero-order valence-corrected chi connectivity index (χ0v) is 7.63. The first-order chi connectivity index (χ1) is 5.53. The first kappa shape index (κ1) is 9.45. The fourth-order valence-electron chi connectivity index (χ4n) is 1.15. The minimum absolute atomic E-state index is 0.00616. The molecule has 1 aliphatic heterocycles. The van der Waals surface area contributed by atoms with Crippen LogP contribution in [0, 0.1) is 11.3 Å². The molecule has 1 heterocycles. The van der Waals surface area contributed by atoms with Gasteiger partial charge in [0, 0.05) is 19.1 Å². The summed E-state index contributed by atoms with van der Waals surface area (Å²) < 4.78 is 24.4. The molecule has 0 unspecified atom stereocenters. The summed E-state index contributed by atoms with van der Waals surface area (Å²) in [6, 6.07) is 1.60. The summed E-state index contributed by atoms with van der Waals surface area (Å²) in [7, 11) is -1.44. The average molecular weight is 189 g/mol. The maximum atomic E-state index is 11.0. The monoisotopic (exact) mass is 189 g/mol. The predicted molar refractivity (Wildman–Crippen MR) is 43.8 cm³/mol. The van der Waals surface area contributed by atoms with Crippen LogP contribution in [0.4, 0.5) is 0 Å². The zero-order valence-electron chi connectivity index (χ0n) is 6.82. The zero-order chi connectivity index (χ0) is 9.19. The molecular formula is C6H11N3O2S. The summed E-state index contributed by atoms with van der Waals surface area (Å²) in [6.45, 7) is 1.45. The Morgan fingerprint density at radius 2 is 2.25 bits per heavy atom. The molecule has 1 fully saturated rings. The normalized spacial score (nSPS) is 20.0. The van der Waals surface area contributed by atoms with Gasteiger partial charge in [0.2, 0.25) is 10.0 Å². The lowest BCUT2D eigenvalue weighted by Gasteiger charge is -2.35. The molecule has 0 bridgehead atoms. The second-order valence-corrected chi connectivity index (χ2v) is 4.71. The summed E-state index contributed by atoms with van der Waals surface area (Å²) in [5.74, 6) is -0.451. The third-order valence-corrected chi connectivity index (χ3v) is 2.87. The molecule has 0 spiro atoms. The van der Waals surface area contributed by atoms with Crippen LogP contribution in [0.15, 0.2) is 0 Å². The van der Waals surface area contributed by atoms with Gasteiger partial charge in [-0.2, -0.15) is 5.26 Å². The SMILES string of the molecule is CN1CC(NS(=O)(=O)CC#N)C1. The molecule has 5 nitrogen and oxygen atoms in total. The van der Waals surface area contributed by atoms with E-state index in [1.807, 2.05) is 11.9 Å². The van der Waals surface area contributed by atoms with Crippen molar-refractivity contribution in [3.63, 3.8) is 0 Å². The van der Waals surface area contributed by atoms with Crippen LogP contribution in [0.3, 0.4) is 0 Å². The highest BCUT2D eigenvalue weighted by molar-refractivity contribution is 7.89. The Labute approximate surface area is 72.0 Å². The number of nitriles is 1. The Morgan fingerprint density at radius 1 is 1.67 bits per heavy atom. The van der Waals surface area contributed by atoms with Crippen molar-refractivity contribution >= 4 is 10.0 Å². The number of sulfonamides is 1. The molecule has 0 aromatic carbocycles. The summed E-state index contributed by atoms with van der Waals surface area (Å²) >= 11 is 0. The number of rotatable bonds is 3. The van der Waals surface area contributed by atoms with Crippen LogP contribution in [0.1, 0.15) is 0 Å². The van der Waals surface area contributed by atoms with Crippen molar-refractivity contribution in [3.05, 3.63) is 0 Å². The van der Waals surface area contributed by atoms with Crippen molar-refractivity contribution in [3.8, 4) is 6.07 Å². The predicted octanol–water partition coefficient (Wildman–Crippen LogP) is -1.26. The van der Waals surface area contributed by atoms with E-state index in [-0.39, 0.29) is 6.04 Å². The van der Waals surface area contributed by atoms with Crippen LogP contribution in [-0.2, 0) is 10.0 Å². The first-order valence-electron chi connectivity index (χ1n) is 3.59. The molecule has 68 valence electrons. The van der Waals surface area contributed by atoms with E-state index in [1.54, 1.807) is 6.07 Å². The molecule has 12 heavy (non-hydrogen) atoms. The van der Waals surface area contributed by atoms with Crippen LogP contribution >= 0.6 is 0 Å². The third kappa shape index (κ3) is 2.44. The molecule has 6 heteroatoms. The van der Waals surface area contributed by atoms with Crippen molar-refractivity contribution in [1.29, 1.82) is 5.26 Å². The Hall–Kier alpha value is -0.640. The standard InChI is InChI=1S/C6H11N3O2S/c1-9-4-6(5-9)8-12(10,11)3-2-7/h6,8H,3-5H2,1H3. The van der Waals surface area contributed by atoms with E-state index in [9.17, 15) is 8.42 Å². The fourth-order valence-corrected chi connectivity index (χ4v) is 2.06. The largest absolute Gasteiger partial charge is 0.303 e. The van der Waals surface area contributed by atoms with E-state index in [2.05, 4.69) is 4.72 Å². The number of nitrogens with zero attached hydrogens (tertiary/aromatic N) is 2. The fraction of sp³-hybridized carbons (Fsp3) is 0.833. The van der Waals surface area contributed by atoms with Gasteiger partial charge in [0.1, 0.15) is 0 Å². The summed E-state index contributed by atoms with van der Waals surface area (Å²) in [5.41, 5.74) is 0. The van der Waals surface area contributed by atoms with Gasteiger partial charge in [-0.05, 0) is 7.05 Å². The highest BCUT2D eigenvalue weighted by Crippen LogP contribution is 2.04. The highest BCUT2D eigenvalue weighted by atomic mass is 32.2. The van der Waals surface area contributed by atoms with Crippen LogP contribution in [0.2, 0.25) is 0 Å². The maximum absolute atomic E-state index is 11.0. The van der Waals surface area contributed by atoms with Gasteiger partial charge in [-0.15, -0.1) is 0 Å². The Morgan fingerprint density at radius 3 is 2.67 bits per heavy atom. The van der Waals surface area contributed by atoms with E-state index < -0.39 is 15.8 Å². The van der Waals surface area contributed by atoms with Gasteiger partial charge in [0.25, 0.3) is 0 Å². The van der Waals surface area contributed by atoms with Gasteiger partial charge in [0.15, 0.2) is 5.75 Å². The van der Waals surface area contributed by atoms with Crippen LogP contribution < -0.4 is 4.72 Å².